The van der Waals surface area contributed by atoms with Gasteiger partial charge in [0.1, 0.15) is 13.3 Å². The second kappa shape index (κ2) is 7.81. The van der Waals surface area contributed by atoms with Crippen LogP contribution in [0.2, 0.25) is 0 Å². The molecule has 0 saturated carbocycles. The Morgan fingerprint density at radius 2 is 1.67 bits per heavy atom. The maximum atomic E-state index is 13.1. The minimum atomic E-state index is -4.47. The van der Waals surface area contributed by atoms with Crippen molar-refractivity contribution in [3.63, 3.8) is 0 Å². The maximum Gasteiger partial charge on any atom is 0.416 e. The van der Waals surface area contributed by atoms with E-state index in [9.17, 15) is 22.4 Å². The highest BCUT2D eigenvalue weighted by Crippen LogP contribution is 2.30. The van der Waals surface area contributed by atoms with E-state index < -0.39 is 30.5 Å². The van der Waals surface area contributed by atoms with E-state index in [1.54, 1.807) is 24.3 Å². The molecule has 0 saturated heterocycles. The molecule has 128 valence electrons. The topological polar surface area (TPSA) is 38.3 Å². The Morgan fingerprint density at radius 3 is 2.21 bits per heavy atom. The first-order valence-electron chi connectivity index (χ1n) is 7.10. The molecule has 2 aromatic carbocycles. The molecule has 0 heterocycles. The third kappa shape index (κ3) is 4.97. The van der Waals surface area contributed by atoms with Gasteiger partial charge in [0.15, 0.2) is 0 Å². The molecule has 7 heteroatoms. The van der Waals surface area contributed by atoms with Crippen molar-refractivity contribution in [2.75, 3.05) is 6.67 Å². The number of nitrogens with one attached hydrogen (secondary N) is 1. The molecule has 0 aromatic heterocycles. The van der Waals surface area contributed by atoms with Crippen LogP contribution in [-0.2, 0) is 17.5 Å². The predicted octanol–water partition coefficient (Wildman–Crippen LogP) is 4.64. The molecule has 0 aliphatic rings. The fourth-order valence-electron chi connectivity index (χ4n) is 2.02. The van der Waals surface area contributed by atoms with Gasteiger partial charge in [-0.15, -0.1) is 0 Å². The Hall–Kier alpha value is -2.57. The van der Waals surface area contributed by atoms with E-state index in [2.05, 4.69) is 5.32 Å². The minimum absolute atomic E-state index is 0.0126. The van der Waals surface area contributed by atoms with Gasteiger partial charge in [-0.2, -0.15) is 13.2 Å². The smallest absolute Gasteiger partial charge is 0.416 e. The Balaban J connectivity index is 1.94. The lowest BCUT2D eigenvalue weighted by Crippen LogP contribution is -2.30. The predicted molar refractivity (Wildman–Crippen MR) is 79.9 cm³/mol. The van der Waals surface area contributed by atoms with E-state index in [1.807, 2.05) is 6.07 Å². The summed E-state index contributed by atoms with van der Waals surface area (Å²) in [5.41, 5.74) is 0.150. The van der Waals surface area contributed by atoms with Gasteiger partial charge in [-0.1, -0.05) is 42.5 Å². The summed E-state index contributed by atoms with van der Waals surface area (Å²) in [6.45, 7) is -0.954. The molecule has 0 bridgehead atoms. The molecule has 0 fully saturated rings. The summed E-state index contributed by atoms with van der Waals surface area (Å²) in [6, 6.07) is 11.8. The summed E-state index contributed by atoms with van der Waals surface area (Å²) in [6.07, 6.45) is -5.31. The van der Waals surface area contributed by atoms with E-state index in [0.29, 0.717) is 0 Å². The summed E-state index contributed by atoms with van der Waals surface area (Å²) in [4.78, 5) is 11.7. The SMILES string of the molecule is O=C(NC(CF)c1ccc(C(F)(F)F)cc1)OCc1ccccc1. The van der Waals surface area contributed by atoms with Crippen LogP contribution in [0.4, 0.5) is 22.4 Å². The van der Waals surface area contributed by atoms with E-state index in [1.165, 1.54) is 0 Å². The van der Waals surface area contributed by atoms with Crippen molar-refractivity contribution in [3.05, 3.63) is 71.3 Å². The highest BCUT2D eigenvalue weighted by Gasteiger charge is 2.30. The summed E-state index contributed by atoms with van der Waals surface area (Å²) in [5, 5.41) is 2.29. The van der Waals surface area contributed by atoms with Crippen LogP contribution in [0.5, 0.6) is 0 Å². The Labute approximate surface area is 136 Å². The fraction of sp³-hybridized carbons (Fsp3) is 0.235. The lowest BCUT2D eigenvalue weighted by molar-refractivity contribution is -0.137. The molecule has 3 nitrogen and oxygen atoms in total. The number of rotatable bonds is 5. The average molecular weight is 341 g/mol. The van der Waals surface area contributed by atoms with Crippen molar-refractivity contribution in [1.82, 2.24) is 5.32 Å². The Kier molecular flexibility index (Phi) is 5.78. The first kappa shape index (κ1) is 17.8. The number of alkyl halides is 4. The van der Waals surface area contributed by atoms with Crippen molar-refractivity contribution >= 4 is 6.09 Å². The number of halogens is 4. The van der Waals surface area contributed by atoms with Crippen LogP contribution < -0.4 is 5.32 Å². The van der Waals surface area contributed by atoms with E-state index in [4.69, 9.17) is 4.74 Å². The van der Waals surface area contributed by atoms with Crippen molar-refractivity contribution in [2.24, 2.45) is 0 Å². The second-order valence-electron chi connectivity index (χ2n) is 5.03. The number of hydrogen-bond acceptors (Lipinski definition) is 2. The van der Waals surface area contributed by atoms with Gasteiger partial charge < -0.3 is 10.1 Å². The highest BCUT2D eigenvalue weighted by atomic mass is 19.4. The van der Waals surface area contributed by atoms with Gasteiger partial charge in [0.25, 0.3) is 0 Å². The summed E-state index contributed by atoms with van der Waals surface area (Å²) < 4.78 is 55.6. The Morgan fingerprint density at radius 1 is 1.04 bits per heavy atom. The molecule has 2 rings (SSSR count). The van der Waals surface area contributed by atoms with Gasteiger partial charge >= 0.3 is 12.3 Å². The number of carbonyl (C=O) groups is 1. The van der Waals surface area contributed by atoms with Crippen molar-refractivity contribution in [3.8, 4) is 0 Å². The molecular formula is C17H15F4NO2. The van der Waals surface area contributed by atoms with Crippen molar-refractivity contribution in [2.45, 2.75) is 18.8 Å². The minimum Gasteiger partial charge on any atom is -0.445 e. The molecular weight excluding hydrogens is 326 g/mol. The number of hydrogen-bond donors (Lipinski definition) is 1. The molecule has 0 aliphatic carbocycles. The van der Waals surface area contributed by atoms with Crippen LogP contribution >= 0.6 is 0 Å². The Bertz CT molecular complexity index is 657. The zero-order chi connectivity index (χ0) is 17.6. The van der Waals surface area contributed by atoms with Gasteiger partial charge in [-0.05, 0) is 23.3 Å². The number of ether oxygens (including phenoxy) is 1. The van der Waals surface area contributed by atoms with Crippen LogP contribution in [0.15, 0.2) is 54.6 Å². The average Bonchev–Trinajstić information content (AvgIpc) is 2.58. The van der Waals surface area contributed by atoms with Gasteiger partial charge in [0, 0.05) is 0 Å². The third-order valence-electron chi connectivity index (χ3n) is 3.30. The molecule has 1 amide bonds. The van der Waals surface area contributed by atoms with Gasteiger partial charge in [0.2, 0.25) is 0 Å². The van der Waals surface area contributed by atoms with Gasteiger partial charge in [-0.25, -0.2) is 9.18 Å². The molecule has 2 aromatic rings. The molecule has 0 aliphatic heterocycles. The lowest BCUT2D eigenvalue weighted by Gasteiger charge is -2.16. The number of amides is 1. The highest BCUT2D eigenvalue weighted by molar-refractivity contribution is 5.68. The third-order valence-corrected chi connectivity index (χ3v) is 3.30. The lowest BCUT2D eigenvalue weighted by atomic mass is 10.1. The number of alkyl carbamates (subject to hydrolysis) is 1. The quantitative estimate of drug-likeness (QED) is 0.805. The first-order chi connectivity index (χ1) is 11.4. The maximum absolute atomic E-state index is 13.1. The van der Waals surface area contributed by atoms with Gasteiger partial charge in [0.05, 0.1) is 11.6 Å². The largest absolute Gasteiger partial charge is 0.445 e. The van der Waals surface area contributed by atoms with Crippen LogP contribution in [0.3, 0.4) is 0 Å². The van der Waals surface area contributed by atoms with E-state index in [-0.39, 0.29) is 12.2 Å². The normalized spacial score (nSPS) is 12.5. The molecule has 0 radical (unpaired) electrons. The standard InChI is InChI=1S/C17H15F4NO2/c18-10-15(13-6-8-14(9-7-13)17(19,20)21)22-16(23)24-11-12-4-2-1-3-5-12/h1-9,15H,10-11H2,(H,22,23). The zero-order valence-electron chi connectivity index (χ0n) is 12.5. The fourth-order valence-corrected chi connectivity index (χ4v) is 2.02. The molecule has 1 unspecified atom stereocenters. The van der Waals surface area contributed by atoms with Gasteiger partial charge in [-0.3, -0.25) is 0 Å². The monoisotopic (exact) mass is 341 g/mol. The first-order valence-corrected chi connectivity index (χ1v) is 7.10. The number of carbonyl (C=O) groups excluding carboxylic acids is 1. The van der Waals surface area contributed by atoms with Crippen molar-refractivity contribution in [1.29, 1.82) is 0 Å². The molecule has 0 spiro atoms. The van der Waals surface area contributed by atoms with Crippen molar-refractivity contribution < 1.29 is 27.1 Å². The van der Waals surface area contributed by atoms with Crippen LogP contribution in [0.25, 0.3) is 0 Å². The summed E-state index contributed by atoms with van der Waals surface area (Å²) in [7, 11) is 0. The number of benzene rings is 2. The zero-order valence-corrected chi connectivity index (χ0v) is 12.5. The molecule has 24 heavy (non-hydrogen) atoms. The van der Waals surface area contributed by atoms with Crippen LogP contribution in [0.1, 0.15) is 22.7 Å². The second-order valence-corrected chi connectivity index (χ2v) is 5.03. The van der Waals surface area contributed by atoms with Crippen LogP contribution in [0, 0.1) is 0 Å². The summed E-state index contributed by atoms with van der Waals surface area (Å²) in [5.74, 6) is 0. The van der Waals surface area contributed by atoms with E-state index in [0.717, 1.165) is 29.8 Å². The van der Waals surface area contributed by atoms with E-state index >= 15 is 0 Å². The van der Waals surface area contributed by atoms with Crippen LogP contribution in [-0.4, -0.2) is 12.8 Å². The molecule has 1 N–H and O–H groups in total. The molecule has 1 atom stereocenters. The summed E-state index contributed by atoms with van der Waals surface area (Å²) >= 11 is 0.